The molecule has 0 aliphatic rings. The minimum absolute atomic E-state index is 0.382. The third-order valence-corrected chi connectivity index (χ3v) is 2.87. The van der Waals surface area contributed by atoms with Gasteiger partial charge in [-0.15, -0.1) is 0 Å². The highest BCUT2D eigenvalue weighted by molar-refractivity contribution is 7.86. The molecule has 0 saturated carbocycles. The molecule has 0 rings (SSSR count). The van der Waals surface area contributed by atoms with E-state index in [2.05, 4.69) is 5.43 Å². The topological polar surface area (TPSA) is 78.7 Å². The highest BCUT2D eigenvalue weighted by Crippen LogP contribution is 1.89. The Morgan fingerprint density at radius 2 is 1.92 bits per heavy atom. The normalized spacial score (nSPS) is 12.8. The van der Waals surface area contributed by atoms with E-state index in [1.807, 2.05) is 11.9 Å². The number of hydrogen-bond acceptors (Lipinski definition) is 4. The van der Waals surface area contributed by atoms with E-state index in [0.717, 1.165) is 10.8 Å². The van der Waals surface area contributed by atoms with E-state index in [9.17, 15) is 8.42 Å². The Bertz CT molecular complexity index is 225. The summed E-state index contributed by atoms with van der Waals surface area (Å²) < 4.78 is 22.7. The van der Waals surface area contributed by atoms with E-state index in [0.29, 0.717) is 13.1 Å². The van der Waals surface area contributed by atoms with Gasteiger partial charge in [0.25, 0.3) is 10.2 Å². The minimum atomic E-state index is -3.54. The van der Waals surface area contributed by atoms with Crippen LogP contribution < -0.4 is 10.6 Å². The molecule has 0 atom stereocenters. The van der Waals surface area contributed by atoms with Gasteiger partial charge in [0.15, 0.2) is 0 Å². The molecule has 0 fully saturated rings. The van der Waals surface area contributed by atoms with Crippen LogP contribution in [0.25, 0.3) is 0 Å². The molecule has 0 aromatic rings. The molecular weight excluding hydrogens is 192 g/mol. The van der Waals surface area contributed by atoms with Crippen LogP contribution in [0.1, 0.15) is 6.92 Å². The maximum Gasteiger partial charge on any atom is 0.276 e. The van der Waals surface area contributed by atoms with Crippen LogP contribution in [-0.2, 0) is 10.2 Å². The van der Waals surface area contributed by atoms with Crippen LogP contribution in [-0.4, -0.2) is 51.5 Å². The van der Waals surface area contributed by atoms with Gasteiger partial charge in [-0.25, -0.2) is 10.1 Å². The second kappa shape index (κ2) is 5.51. The van der Waals surface area contributed by atoms with Crippen LogP contribution in [0.4, 0.5) is 0 Å². The number of rotatable bonds is 6. The molecule has 0 bridgehead atoms. The highest BCUT2D eigenvalue weighted by atomic mass is 32.2. The lowest BCUT2D eigenvalue weighted by Crippen LogP contribution is -2.43. The quantitative estimate of drug-likeness (QED) is 0.527. The summed E-state index contributed by atoms with van der Waals surface area (Å²) in [5.74, 6) is 0. The van der Waals surface area contributed by atoms with Gasteiger partial charge >= 0.3 is 0 Å². The number of likely N-dealkylation sites (N-methyl/N-ethyl adjacent to an activating group) is 2. The molecular formula is C6H18N4O2S. The molecule has 7 heteroatoms. The number of nitrogens with two attached hydrogens (primary N) is 1. The molecule has 80 valence electrons. The molecule has 0 heterocycles. The Kier molecular flexibility index (Phi) is 5.42. The molecule has 6 nitrogen and oxygen atoms in total. The first-order valence-corrected chi connectivity index (χ1v) is 5.58. The summed E-state index contributed by atoms with van der Waals surface area (Å²) in [6, 6.07) is 0. The van der Waals surface area contributed by atoms with Crippen LogP contribution in [0, 0.1) is 0 Å². The van der Waals surface area contributed by atoms with Crippen molar-refractivity contribution in [3.63, 3.8) is 0 Å². The van der Waals surface area contributed by atoms with Crippen LogP contribution >= 0.6 is 0 Å². The number of nitrogens with zero attached hydrogens (tertiary/aromatic N) is 2. The molecule has 0 aliphatic heterocycles. The van der Waals surface area contributed by atoms with Crippen molar-refractivity contribution < 1.29 is 8.42 Å². The van der Waals surface area contributed by atoms with Crippen LogP contribution in [0.3, 0.4) is 0 Å². The van der Waals surface area contributed by atoms with Gasteiger partial charge in [0.2, 0.25) is 0 Å². The third kappa shape index (κ3) is 5.17. The van der Waals surface area contributed by atoms with Crippen molar-refractivity contribution >= 4 is 10.2 Å². The summed E-state index contributed by atoms with van der Waals surface area (Å²) in [6.45, 7) is 3.79. The van der Waals surface area contributed by atoms with E-state index < -0.39 is 10.2 Å². The second-order valence-electron chi connectivity index (χ2n) is 2.67. The maximum atomic E-state index is 10.8. The van der Waals surface area contributed by atoms with Gasteiger partial charge in [0.1, 0.15) is 0 Å². The highest BCUT2D eigenvalue weighted by Gasteiger charge is 2.11. The fourth-order valence-corrected chi connectivity index (χ4v) is 1.15. The summed E-state index contributed by atoms with van der Waals surface area (Å²) in [7, 11) is -0.287. The molecule has 3 N–H and O–H groups in total. The lowest BCUT2D eigenvalue weighted by atomic mass is 10.5. The number of hydrazine groups is 1. The molecule has 0 unspecified atom stereocenters. The molecule has 0 aromatic carbocycles. The van der Waals surface area contributed by atoms with E-state index in [-0.39, 0.29) is 0 Å². The number of hydrogen-bond donors (Lipinski definition) is 2. The molecule has 13 heavy (non-hydrogen) atoms. The fourth-order valence-electron chi connectivity index (χ4n) is 0.817. The average Bonchev–Trinajstić information content (AvgIpc) is 2.04. The molecule has 0 aromatic heterocycles. The average molecular weight is 210 g/mol. The predicted molar refractivity (Wildman–Crippen MR) is 52.0 cm³/mol. The van der Waals surface area contributed by atoms with Gasteiger partial charge in [0.05, 0.1) is 0 Å². The molecule has 0 spiro atoms. The van der Waals surface area contributed by atoms with Crippen molar-refractivity contribution in [1.29, 1.82) is 0 Å². The van der Waals surface area contributed by atoms with Crippen molar-refractivity contribution in [2.45, 2.75) is 6.92 Å². The number of nitrogens with one attached hydrogen (secondary N) is 1. The van der Waals surface area contributed by atoms with E-state index >= 15 is 0 Å². The van der Waals surface area contributed by atoms with Gasteiger partial charge in [-0.1, -0.05) is 6.92 Å². The Morgan fingerprint density at radius 1 is 1.38 bits per heavy atom. The molecule has 0 radical (unpaired) electrons. The van der Waals surface area contributed by atoms with Gasteiger partial charge in [-0.05, 0) is 7.05 Å². The zero-order valence-corrected chi connectivity index (χ0v) is 9.13. The third-order valence-electron chi connectivity index (χ3n) is 1.82. The minimum Gasteiger partial charge on any atom is -0.258 e. The molecule has 0 amide bonds. The first kappa shape index (κ1) is 12.8. The van der Waals surface area contributed by atoms with Crippen LogP contribution in [0.15, 0.2) is 0 Å². The fraction of sp³-hybridized carbons (Fsp3) is 1.00. The summed E-state index contributed by atoms with van der Waals surface area (Å²) in [5.41, 5.74) is 2.93. The van der Waals surface area contributed by atoms with Crippen molar-refractivity contribution in [2.24, 2.45) is 5.14 Å². The summed E-state index contributed by atoms with van der Waals surface area (Å²) in [6.07, 6.45) is 0. The van der Waals surface area contributed by atoms with Crippen molar-refractivity contribution in [1.82, 2.24) is 14.7 Å². The van der Waals surface area contributed by atoms with Gasteiger partial charge in [-0.2, -0.15) is 12.7 Å². The van der Waals surface area contributed by atoms with E-state index in [1.54, 1.807) is 7.05 Å². The van der Waals surface area contributed by atoms with E-state index in [4.69, 9.17) is 5.14 Å². The van der Waals surface area contributed by atoms with Gasteiger partial charge in [-0.3, -0.25) is 5.43 Å². The van der Waals surface area contributed by atoms with E-state index in [1.165, 1.54) is 7.05 Å². The Balaban J connectivity index is 3.89. The molecule has 0 saturated heterocycles. The Labute approximate surface area is 79.8 Å². The van der Waals surface area contributed by atoms with Crippen molar-refractivity contribution in [3.05, 3.63) is 0 Å². The lowest BCUT2D eigenvalue weighted by molar-refractivity contribution is 0.208. The zero-order valence-electron chi connectivity index (χ0n) is 8.32. The monoisotopic (exact) mass is 210 g/mol. The zero-order chi connectivity index (χ0) is 10.5. The SMILES string of the molecule is CCN(CCN(C)S(N)(=O)=O)NC. The first-order chi connectivity index (χ1) is 5.91. The Morgan fingerprint density at radius 3 is 2.23 bits per heavy atom. The maximum absolute atomic E-state index is 10.8. The van der Waals surface area contributed by atoms with Crippen molar-refractivity contribution in [2.75, 3.05) is 33.7 Å². The van der Waals surface area contributed by atoms with Gasteiger partial charge < -0.3 is 0 Å². The van der Waals surface area contributed by atoms with Crippen molar-refractivity contribution in [3.8, 4) is 0 Å². The van der Waals surface area contributed by atoms with Gasteiger partial charge in [0, 0.05) is 26.7 Å². The lowest BCUT2D eigenvalue weighted by Gasteiger charge is -2.21. The summed E-state index contributed by atoms with van der Waals surface area (Å²) >= 11 is 0. The standard InChI is InChI=1S/C6H18N4O2S/c1-4-10(8-2)6-5-9(3)13(7,11)12/h8H,4-6H2,1-3H3,(H2,7,11,12). The summed E-state index contributed by atoms with van der Waals surface area (Å²) in [4.78, 5) is 0. The van der Waals surface area contributed by atoms with Crippen LogP contribution in [0.5, 0.6) is 0 Å². The Hall–Kier alpha value is -0.210. The second-order valence-corrected chi connectivity index (χ2v) is 4.32. The smallest absolute Gasteiger partial charge is 0.258 e. The molecule has 0 aliphatic carbocycles. The predicted octanol–water partition coefficient (Wildman–Crippen LogP) is -1.42. The summed E-state index contributed by atoms with van der Waals surface area (Å²) in [5, 5.41) is 6.80. The first-order valence-electron chi connectivity index (χ1n) is 4.08. The largest absolute Gasteiger partial charge is 0.276 e. The van der Waals surface area contributed by atoms with Crippen LogP contribution in [0.2, 0.25) is 0 Å².